The molecule has 4 nitrogen and oxygen atoms in total. The first-order chi connectivity index (χ1) is 17.2. The van der Waals surface area contributed by atoms with Crippen molar-refractivity contribution in [3.05, 3.63) is 70.5 Å². The minimum atomic E-state index is -0.190. The number of piperidine rings is 3. The molecular weight excluding hydrogens is 437 g/mol. The number of ether oxygens (including phenoxy) is 1. The van der Waals surface area contributed by atoms with E-state index >= 15 is 0 Å². The molecule has 184 valence electrons. The van der Waals surface area contributed by atoms with Crippen LogP contribution in [0.4, 0.5) is 4.39 Å². The first kappa shape index (κ1) is 21.8. The Kier molecular flexibility index (Phi) is 5.38. The van der Waals surface area contributed by atoms with Crippen molar-refractivity contribution in [2.75, 3.05) is 32.8 Å². The maximum Gasteiger partial charge on any atom is 0.288 e. The van der Waals surface area contributed by atoms with Crippen LogP contribution in [-0.4, -0.2) is 54.6 Å². The molecule has 0 radical (unpaired) electrons. The van der Waals surface area contributed by atoms with Gasteiger partial charge in [-0.25, -0.2) is 9.38 Å². The van der Waals surface area contributed by atoms with E-state index in [1.165, 1.54) is 81.3 Å². The zero-order chi connectivity index (χ0) is 23.4. The Balaban J connectivity index is 1.23. The number of hydrogen-bond acceptors (Lipinski definition) is 4. The van der Waals surface area contributed by atoms with Gasteiger partial charge in [-0.3, -0.25) is 0 Å². The lowest BCUT2D eigenvalue weighted by molar-refractivity contribution is 0.00166. The Hall–Kier alpha value is -2.40. The molecule has 0 unspecified atom stereocenters. The molecule has 6 aliphatic rings. The van der Waals surface area contributed by atoms with Crippen LogP contribution in [0.25, 0.3) is 0 Å². The van der Waals surface area contributed by atoms with Gasteiger partial charge in [0.2, 0.25) is 0 Å². The Morgan fingerprint density at radius 3 is 2.34 bits per heavy atom. The number of benzene rings is 2. The van der Waals surface area contributed by atoms with Gasteiger partial charge in [0.05, 0.1) is 12.1 Å². The molecule has 0 N–H and O–H groups in total. The van der Waals surface area contributed by atoms with Gasteiger partial charge in [-0.2, -0.15) is 0 Å². The van der Waals surface area contributed by atoms with Crippen LogP contribution in [0.1, 0.15) is 79.2 Å². The molecule has 5 heterocycles. The fourth-order valence-electron chi connectivity index (χ4n) is 7.56. The predicted molar refractivity (Wildman–Crippen MR) is 136 cm³/mol. The summed E-state index contributed by atoms with van der Waals surface area (Å²) in [5.74, 6) is 0.525. The van der Waals surface area contributed by atoms with Gasteiger partial charge in [0.15, 0.2) is 0 Å². The van der Waals surface area contributed by atoms with Crippen molar-refractivity contribution in [3.63, 3.8) is 0 Å². The van der Waals surface area contributed by atoms with E-state index in [2.05, 4.69) is 28.0 Å². The molecule has 3 saturated heterocycles. The van der Waals surface area contributed by atoms with Crippen LogP contribution in [0.2, 0.25) is 0 Å². The van der Waals surface area contributed by atoms with E-state index in [0.717, 1.165) is 24.6 Å². The molecule has 8 rings (SSSR count). The second-order valence-corrected chi connectivity index (χ2v) is 11.5. The summed E-state index contributed by atoms with van der Waals surface area (Å²) >= 11 is 0. The summed E-state index contributed by atoms with van der Waals surface area (Å²) in [6.45, 7) is 5.21. The second kappa shape index (κ2) is 8.62. The number of halogens is 1. The molecule has 2 aromatic carbocycles. The van der Waals surface area contributed by atoms with Gasteiger partial charge in [0.1, 0.15) is 12.4 Å². The van der Waals surface area contributed by atoms with E-state index in [0.29, 0.717) is 17.9 Å². The van der Waals surface area contributed by atoms with Gasteiger partial charge in [0, 0.05) is 6.54 Å². The lowest BCUT2D eigenvalue weighted by atomic mass is 9.67. The number of rotatable bonds is 3. The first-order valence-electron chi connectivity index (χ1n) is 13.8. The van der Waals surface area contributed by atoms with Crippen LogP contribution < -0.4 is 0 Å². The molecule has 0 aromatic heterocycles. The smallest absolute Gasteiger partial charge is 0.288 e. The number of amidine groups is 1. The first-order valence-corrected chi connectivity index (χ1v) is 13.8. The number of fused-ring (bicyclic) bond motifs is 4. The minimum Gasteiger partial charge on any atom is -0.463 e. The highest BCUT2D eigenvalue weighted by molar-refractivity contribution is 5.77. The topological polar surface area (TPSA) is 28.1 Å². The molecule has 2 bridgehead atoms. The van der Waals surface area contributed by atoms with E-state index in [1.54, 1.807) is 12.1 Å². The zero-order valence-electron chi connectivity index (χ0n) is 20.6. The van der Waals surface area contributed by atoms with Gasteiger partial charge in [-0.05, 0) is 104 Å². The van der Waals surface area contributed by atoms with E-state index in [9.17, 15) is 4.39 Å². The summed E-state index contributed by atoms with van der Waals surface area (Å²) in [6.07, 6.45) is 10.1. The third kappa shape index (κ3) is 3.78. The van der Waals surface area contributed by atoms with Crippen molar-refractivity contribution in [2.45, 2.75) is 69.4 Å². The quantitative estimate of drug-likeness (QED) is 0.575. The summed E-state index contributed by atoms with van der Waals surface area (Å²) in [4.78, 5) is 10.2. The van der Waals surface area contributed by atoms with Crippen molar-refractivity contribution in [2.24, 2.45) is 10.4 Å². The fraction of sp³-hybridized carbons (Fsp3) is 0.567. The van der Waals surface area contributed by atoms with Crippen molar-refractivity contribution < 1.29 is 9.13 Å². The third-order valence-electron chi connectivity index (χ3n) is 9.77. The van der Waals surface area contributed by atoms with Crippen LogP contribution in [0, 0.1) is 11.2 Å². The molecule has 4 fully saturated rings. The average molecular weight is 474 g/mol. The third-order valence-corrected chi connectivity index (χ3v) is 9.77. The summed E-state index contributed by atoms with van der Waals surface area (Å²) in [5, 5.41) is 0. The maximum absolute atomic E-state index is 13.9. The van der Waals surface area contributed by atoms with Crippen LogP contribution in [0.5, 0.6) is 0 Å². The molecular formula is C30H36FN3O. The number of aliphatic imine (C=N–C) groups is 1. The summed E-state index contributed by atoms with van der Waals surface area (Å²) < 4.78 is 20.2. The van der Waals surface area contributed by atoms with Crippen molar-refractivity contribution in [3.8, 4) is 0 Å². The van der Waals surface area contributed by atoms with E-state index < -0.39 is 0 Å². The van der Waals surface area contributed by atoms with Gasteiger partial charge in [-0.1, -0.05) is 43.2 Å². The Labute approximate surface area is 208 Å². The number of hydrogen-bond donors (Lipinski definition) is 0. The van der Waals surface area contributed by atoms with E-state index in [4.69, 9.17) is 9.73 Å². The molecule has 0 amide bonds. The van der Waals surface area contributed by atoms with Gasteiger partial charge in [0.25, 0.3) is 6.02 Å². The molecule has 2 atom stereocenters. The average Bonchev–Trinajstić information content (AvgIpc) is 3.63. The van der Waals surface area contributed by atoms with Crippen molar-refractivity contribution >= 4 is 6.02 Å². The predicted octanol–water partition coefficient (Wildman–Crippen LogP) is 5.67. The lowest BCUT2D eigenvalue weighted by Gasteiger charge is -2.50. The standard InChI is InChI=1S/C30H36FN3O/c31-25-8-5-22(6-9-25)28-26-10-7-23(21-3-1-2-4-21)19-24(26)11-15-34(28)29-32-27(20-35-29)30-12-16-33(17-13-30)18-14-30/h5-10,19,21,27-28H,1-4,11-18,20H2/t27-,28-/m0/s1. The molecule has 5 aliphatic heterocycles. The Morgan fingerprint density at radius 1 is 0.886 bits per heavy atom. The monoisotopic (exact) mass is 473 g/mol. The Bertz CT molecular complexity index is 1100. The van der Waals surface area contributed by atoms with Crippen LogP contribution in [-0.2, 0) is 11.2 Å². The van der Waals surface area contributed by atoms with Crippen molar-refractivity contribution in [1.29, 1.82) is 0 Å². The van der Waals surface area contributed by atoms with Gasteiger partial charge < -0.3 is 14.5 Å². The van der Waals surface area contributed by atoms with Crippen LogP contribution in [0.3, 0.4) is 0 Å². The van der Waals surface area contributed by atoms with Crippen LogP contribution in [0.15, 0.2) is 47.5 Å². The highest BCUT2D eigenvalue weighted by Crippen LogP contribution is 2.46. The lowest BCUT2D eigenvalue weighted by Crippen LogP contribution is -2.53. The highest BCUT2D eigenvalue weighted by atomic mass is 19.1. The SMILES string of the molecule is Fc1ccc([C@H]2c3ccc(C4CCCC4)cc3CCN2C2=N[C@H](C34CCN(CC3)CC4)CO2)cc1. The highest BCUT2D eigenvalue weighted by Gasteiger charge is 2.48. The Morgan fingerprint density at radius 2 is 1.60 bits per heavy atom. The van der Waals surface area contributed by atoms with E-state index in [-0.39, 0.29) is 17.9 Å². The second-order valence-electron chi connectivity index (χ2n) is 11.5. The van der Waals surface area contributed by atoms with Crippen LogP contribution >= 0.6 is 0 Å². The molecule has 1 saturated carbocycles. The fourth-order valence-corrected chi connectivity index (χ4v) is 7.56. The molecule has 35 heavy (non-hydrogen) atoms. The molecule has 5 heteroatoms. The summed E-state index contributed by atoms with van der Waals surface area (Å²) in [6, 6.07) is 15.3. The zero-order valence-corrected chi connectivity index (χ0v) is 20.6. The minimum absolute atomic E-state index is 0.0141. The van der Waals surface area contributed by atoms with Gasteiger partial charge in [-0.15, -0.1) is 0 Å². The summed E-state index contributed by atoms with van der Waals surface area (Å²) in [5.41, 5.74) is 5.69. The van der Waals surface area contributed by atoms with Crippen molar-refractivity contribution in [1.82, 2.24) is 9.80 Å². The number of nitrogens with zero attached hydrogens (tertiary/aromatic N) is 3. The molecule has 0 spiro atoms. The van der Waals surface area contributed by atoms with Gasteiger partial charge >= 0.3 is 0 Å². The molecule has 1 aliphatic carbocycles. The van der Waals surface area contributed by atoms with E-state index in [1.807, 2.05) is 12.1 Å². The maximum atomic E-state index is 13.9. The molecule has 2 aromatic rings. The largest absolute Gasteiger partial charge is 0.463 e. The summed E-state index contributed by atoms with van der Waals surface area (Å²) in [7, 11) is 0. The normalized spacial score (nSPS) is 32.4.